The van der Waals surface area contributed by atoms with Crippen molar-refractivity contribution in [2.75, 3.05) is 22.9 Å². The second-order valence-electron chi connectivity index (χ2n) is 6.88. The maximum atomic E-state index is 6.01. The molecule has 0 unspecified atom stereocenters. The van der Waals surface area contributed by atoms with Crippen LogP contribution >= 0.6 is 0 Å². The van der Waals surface area contributed by atoms with Crippen molar-refractivity contribution in [2.24, 2.45) is 20.5 Å². The van der Waals surface area contributed by atoms with E-state index in [0.29, 0.717) is 45.5 Å². The molecule has 0 aliphatic heterocycles. The maximum Gasteiger partial charge on any atom is 0.116 e. The number of benzene rings is 3. The minimum absolute atomic E-state index is 0.456. The van der Waals surface area contributed by atoms with E-state index in [0.717, 1.165) is 16.7 Å². The Morgan fingerprint density at radius 1 is 0.517 bits per heavy atom. The van der Waals surface area contributed by atoms with Crippen LogP contribution in [-0.2, 0) is 0 Å². The molecular weight excluding hydrogens is 364 g/mol. The van der Waals surface area contributed by atoms with Crippen molar-refractivity contribution in [1.82, 2.24) is 0 Å². The highest BCUT2D eigenvalue weighted by atomic mass is 15.2. The Morgan fingerprint density at radius 3 is 1.55 bits per heavy atom. The van der Waals surface area contributed by atoms with Crippen molar-refractivity contribution < 1.29 is 0 Å². The molecule has 3 rings (SSSR count). The fourth-order valence-corrected chi connectivity index (χ4v) is 2.69. The first-order chi connectivity index (χ1) is 13.8. The molecule has 8 heteroatoms. The molecule has 8 nitrogen and oxygen atoms in total. The molecule has 29 heavy (non-hydrogen) atoms. The molecule has 0 aliphatic carbocycles. The van der Waals surface area contributed by atoms with Crippen LogP contribution in [0.3, 0.4) is 0 Å². The van der Waals surface area contributed by atoms with Gasteiger partial charge in [0.1, 0.15) is 22.7 Å². The Bertz CT molecular complexity index is 1130. The molecule has 3 aromatic rings. The van der Waals surface area contributed by atoms with Gasteiger partial charge in [-0.15, -0.1) is 20.5 Å². The number of nitrogens with two attached hydrogens (primary N) is 4. The molecule has 0 fully saturated rings. The molecule has 0 saturated heterocycles. The van der Waals surface area contributed by atoms with Gasteiger partial charge in [0, 0.05) is 11.4 Å². The quantitative estimate of drug-likeness (QED) is 0.331. The molecule has 0 aliphatic rings. The SMILES string of the molecule is Cc1cc(/N=N/c2cccc(C)c2/N=N/c2cc(C)c(N)cc2N)c(N)cc1N. The largest absolute Gasteiger partial charge is 0.398 e. The Balaban J connectivity index is 1.98. The van der Waals surface area contributed by atoms with E-state index >= 15 is 0 Å². The first-order valence-corrected chi connectivity index (χ1v) is 9.00. The van der Waals surface area contributed by atoms with Crippen molar-refractivity contribution in [3.05, 3.63) is 59.2 Å². The molecule has 0 bridgehead atoms. The predicted molar refractivity (Wildman–Crippen MR) is 120 cm³/mol. The molecule has 0 amide bonds. The van der Waals surface area contributed by atoms with Gasteiger partial charge in [0.15, 0.2) is 0 Å². The fraction of sp³-hybridized carbons (Fsp3) is 0.143. The molecule has 0 saturated carbocycles. The van der Waals surface area contributed by atoms with E-state index in [-0.39, 0.29) is 0 Å². The lowest BCUT2D eigenvalue weighted by atomic mass is 10.1. The third-order valence-corrected chi connectivity index (χ3v) is 4.57. The molecule has 0 aromatic heterocycles. The molecule has 0 radical (unpaired) electrons. The lowest BCUT2D eigenvalue weighted by Crippen LogP contribution is -1.93. The summed E-state index contributed by atoms with van der Waals surface area (Å²) in [6, 6.07) is 12.5. The summed E-state index contributed by atoms with van der Waals surface area (Å²) < 4.78 is 0. The van der Waals surface area contributed by atoms with Crippen LogP contribution in [0, 0.1) is 20.8 Å². The minimum Gasteiger partial charge on any atom is -0.398 e. The summed E-state index contributed by atoms with van der Waals surface area (Å²) in [5.74, 6) is 0. The Kier molecular flexibility index (Phi) is 5.45. The fourth-order valence-electron chi connectivity index (χ4n) is 2.69. The monoisotopic (exact) mass is 388 g/mol. The highest BCUT2D eigenvalue weighted by Crippen LogP contribution is 2.36. The van der Waals surface area contributed by atoms with Gasteiger partial charge in [-0.25, -0.2) is 0 Å². The zero-order valence-corrected chi connectivity index (χ0v) is 16.6. The van der Waals surface area contributed by atoms with E-state index in [1.54, 1.807) is 24.3 Å². The highest BCUT2D eigenvalue weighted by Gasteiger charge is 2.08. The summed E-state index contributed by atoms with van der Waals surface area (Å²) in [7, 11) is 0. The number of aryl methyl sites for hydroxylation is 3. The first-order valence-electron chi connectivity index (χ1n) is 9.00. The van der Waals surface area contributed by atoms with Crippen molar-refractivity contribution in [2.45, 2.75) is 20.8 Å². The number of anilines is 4. The first kappa shape index (κ1) is 19.8. The normalized spacial score (nSPS) is 11.6. The van der Waals surface area contributed by atoms with Gasteiger partial charge in [0.2, 0.25) is 0 Å². The predicted octanol–water partition coefficient (Wildman–Crippen LogP) is 5.77. The van der Waals surface area contributed by atoms with Crippen LogP contribution in [0.1, 0.15) is 16.7 Å². The third kappa shape index (κ3) is 4.32. The van der Waals surface area contributed by atoms with Gasteiger partial charge in [-0.1, -0.05) is 12.1 Å². The van der Waals surface area contributed by atoms with Crippen LogP contribution < -0.4 is 22.9 Å². The van der Waals surface area contributed by atoms with Gasteiger partial charge in [0.05, 0.1) is 11.4 Å². The van der Waals surface area contributed by atoms with Crippen LogP contribution in [0.25, 0.3) is 0 Å². The summed E-state index contributed by atoms with van der Waals surface area (Å²) in [6.07, 6.45) is 0. The number of rotatable bonds is 4. The smallest absolute Gasteiger partial charge is 0.116 e. The van der Waals surface area contributed by atoms with Gasteiger partial charge in [-0.05, 0) is 67.8 Å². The summed E-state index contributed by atoms with van der Waals surface area (Å²) in [6.45, 7) is 5.70. The minimum atomic E-state index is 0.456. The summed E-state index contributed by atoms with van der Waals surface area (Å²) in [5, 5.41) is 17.3. The average Bonchev–Trinajstić information content (AvgIpc) is 2.66. The third-order valence-electron chi connectivity index (χ3n) is 4.57. The van der Waals surface area contributed by atoms with Crippen LogP contribution in [0.5, 0.6) is 0 Å². The van der Waals surface area contributed by atoms with E-state index < -0.39 is 0 Å². The molecule has 0 atom stereocenters. The molecule has 0 spiro atoms. The second kappa shape index (κ2) is 7.97. The Labute approximate surface area is 169 Å². The summed E-state index contributed by atoms with van der Waals surface area (Å²) in [5.41, 5.74) is 30.8. The number of nitrogen functional groups attached to an aromatic ring is 4. The molecule has 8 N–H and O–H groups in total. The zero-order chi connectivity index (χ0) is 21.1. The lowest BCUT2D eigenvalue weighted by Gasteiger charge is -2.06. The van der Waals surface area contributed by atoms with E-state index in [4.69, 9.17) is 22.9 Å². The number of nitrogens with zero attached hydrogens (tertiary/aromatic N) is 4. The van der Waals surface area contributed by atoms with Crippen LogP contribution in [0.2, 0.25) is 0 Å². The van der Waals surface area contributed by atoms with E-state index in [9.17, 15) is 0 Å². The second-order valence-corrected chi connectivity index (χ2v) is 6.88. The standard InChI is InChI=1S/C21H24N8/c1-11-5-4-6-18(26-27-19-7-12(2)14(22)9-16(19)24)21(11)29-28-20-8-13(3)15(23)10-17(20)25/h4-10H,22-25H2,1-3H3/b27-26+,29-28+. The molecule has 3 aromatic carbocycles. The Hall–Kier alpha value is -3.94. The van der Waals surface area contributed by atoms with E-state index in [1.807, 2.05) is 39.0 Å². The van der Waals surface area contributed by atoms with Crippen molar-refractivity contribution >= 4 is 45.5 Å². The Morgan fingerprint density at radius 2 is 1.00 bits per heavy atom. The number of hydrogen-bond acceptors (Lipinski definition) is 8. The van der Waals surface area contributed by atoms with Crippen LogP contribution in [0.4, 0.5) is 45.5 Å². The van der Waals surface area contributed by atoms with E-state index in [2.05, 4.69) is 20.5 Å². The summed E-state index contributed by atoms with van der Waals surface area (Å²) in [4.78, 5) is 0. The van der Waals surface area contributed by atoms with Gasteiger partial charge in [-0.2, -0.15) is 0 Å². The zero-order valence-electron chi connectivity index (χ0n) is 16.6. The topological polar surface area (TPSA) is 154 Å². The van der Waals surface area contributed by atoms with E-state index in [1.165, 1.54) is 0 Å². The van der Waals surface area contributed by atoms with Crippen molar-refractivity contribution in [3.8, 4) is 0 Å². The highest BCUT2D eigenvalue weighted by molar-refractivity contribution is 5.72. The number of hydrogen-bond donors (Lipinski definition) is 4. The van der Waals surface area contributed by atoms with Gasteiger partial charge in [0.25, 0.3) is 0 Å². The van der Waals surface area contributed by atoms with Gasteiger partial charge >= 0.3 is 0 Å². The van der Waals surface area contributed by atoms with Crippen LogP contribution in [0.15, 0.2) is 62.9 Å². The molecular formula is C21H24N8. The summed E-state index contributed by atoms with van der Waals surface area (Å²) >= 11 is 0. The molecule has 0 heterocycles. The lowest BCUT2D eigenvalue weighted by molar-refractivity contribution is 1.17. The molecule has 148 valence electrons. The van der Waals surface area contributed by atoms with Crippen LogP contribution in [-0.4, -0.2) is 0 Å². The van der Waals surface area contributed by atoms with Crippen molar-refractivity contribution in [3.63, 3.8) is 0 Å². The maximum absolute atomic E-state index is 6.01. The average molecular weight is 388 g/mol. The van der Waals surface area contributed by atoms with Gasteiger partial charge in [-0.3, -0.25) is 0 Å². The van der Waals surface area contributed by atoms with Crippen molar-refractivity contribution in [1.29, 1.82) is 0 Å². The van der Waals surface area contributed by atoms with Gasteiger partial charge < -0.3 is 22.9 Å². The number of azo groups is 2.